The zero-order valence-electron chi connectivity index (χ0n) is 35.9. The average Bonchev–Trinajstić information content (AvgIpc) is 3.11. The van der Waals surface area contributed by atoms with Crippen LogP contribution in [0.15, 0.2) is 46.7 Å². The van der Waals surface area contributed by atoms with Crippen molar-refractivity contribution in [3.63, 3.8) is 0 Å². The van der Waals surface area contributed by atoms with Gasteiger partial charge in [0.05, 0.1) is 5.57 Å². The zero-order valence-corrected chi connectivity index (χ0v) is 35.9. The van der Waals surface area contributed by atoms with Crippen LogP contribution in [0.25, 0.3) is 0 Å². The summed E-state index contributed by atoms with van der Waals surface area (Å²) in [6.07, 6.45) is 11.3. The smallest absolute Gasteiger partial charge is 0.384 e. The molecule has 0 radical (unpaired) electrons. The summed E-state index contributed by atoms with van der Waals surface area (Å²) >= 11 is 0. The molecule has 1 amide bonds. The summed E-state index contributed by atoms with van der Waals surface area (Å²) in [7, 11) is 2.17. The monoisotopic (exact) mass is 762 g/mol. The first-order valence-corrected chi connectivity index (χ1v) is 21.4. The molecule has 0 aliphatic heterocycles. The van der Waals surface area contributed by atoms with Crippen LogP contribution in [-0.2, 0) is 11.2 Å². The van der Waals surface area contributed by atoms with Crippen molar-refractivity contribution in [2.45, 2.75) is 164 Å². The van der Waals surface area contributed by atoms with Gasteiger partial charge in [0, 0.05) is 43.6 Å². The number of allylic oxidation sites excluding steroid dienone is 2. The third-order valence-corrected chi connectivity index (χ3v) is 10.5. The summed E-state index contributed by atoms with van der Waals surface area (Å²) < 4.78 is 43.7. The summed E-state index contributed by atoms with van der Waals surface area (Å²) in [5.74, 6) is 1.50. The molecule has 0 saturated heterocycles. The molecule has 1 saturated carbocycles. The molecular formula is C45H78F3N5O. The number of amides is 1. The lowest BCUT2D eigenvalue weighted by Gasteiger charge is -2.38. The van der Waals surface area contributed by atoms with Crippen molar-refractivity contribution in [3.8, 4) is 0 Å². The van der Waals surface area contributed by atoms with E-state index in [1.807, 2.05) is 17.9 Å². The van der Waals surface area contributed by atoms with Gasteiger partial charge in [-0.15, -0.1) is 0 Å². The highest BCUT2D eigenvalue weighted by atomic mass is 19.4. The first kappa shape index (κ1) is 49.2. The number of hydrogen-bond donors (Lipinski definition) is 2. The van der Waals surface area contributed by atoms with Crippen LogP contribution >= 0.6 is 0 Å². The van der Waals surface area contributed by atoms with E-state index in [0.29, 0.717) is 50.1 Å². The van der Waals surface area contributed by atoms with Gasteiger partial charge in [-0.3, -0.25) is 4.79 Å². The Labute approximate surface area is 328 Å². The number of aliphatic imine (C=N–C) groups is 1. The molecule has 54 heavy (non-hydrogen) atoms. The molecule has 1 fully saturated rings. The molecule has 2 N–H and O–H groups in total. The van der Waals surface area contributed by atoms with Crippen LogP contribution in [0.4, 0.5) is 18.9 Å². The number of nitrogens with zero attached hydrogens (tertiary/aromatic N) is 3. The first-order chi connectivity index (χ1) is 25.8. The molecule has 0 heterocycles. The fraction of sp³-hybridized carbons (Fsp3) is 0.733. The van der Waals surface area contributed by atoms with Crippen molar-refractivity contribution in [3.05, 3.63) is 52.9 Å². The van der Waals surface area contributed by atoms with E-state index >= 15 is 0 Å². The van der Waals surface area contributed by atoms with Gasteiger partial charge < -0.3 is 20.4 Å². The largest absolute Gasteiger partial charge is 0.419 e. The standard InChI is InChI=1S/C38H61F3N4O.C7H17N/c1-8-13-15-20-37(46)45(23-10-3)27-33(31-17-16-18-31)25-43-36(19-14-9-2)34(38(39,40)41)26-42-29(7)44-35-22-21-32(28(6)11-4)24-30(35)12-5;1-4-6-8(3)7-5-2/h19,21-22,24,26,28,31,33,43H,8-18,20,23,25,27H2,1-7H3,(H,42,44);4-7H2,1-3H3/b34-26+,36-19-;. The molecular weight excluding hydrogens is 684 g/mol. The number of carbonyl (C=O) groups excluding carboxylic acids is 1. The predicted molar refractivity (Wildman–Crippen MR) is 226 cm³/mol. The second-order valence-electron chi connectivity index (χ2n) is 15.3. The topological polar surface area (TPSA) is 60.0 Å². The maximum atomic E-state index is 14.6. The van der Waals surface area contributed by atoms with Crippen molar-refractivity contribution in [2.24, 2.45) is 16.8 Å². The fourth-order valence-corrected chi connectivity index (χ4v) is 6.78. The van der Waals surface area contributed by atoms with E-state index < -0.39 is 11.7 Å². The fourth-order valence-electron chi connectivity index (χ4n) is 6.78. The quantitative estimate of drug-likeness (QED) is 0.0477. The van der Waals surface area contributed by atoms with Crippen molar-refractivity contribution in [1.29, 1.82) is 0 Å². The Balaban J connectivity index is 0.00000163. The Morgan fingerprint density at radius 1 is 0.963 bits per heavy atom. The molecule has 0 spiro atoms. The number of halogens is 3. The number of nitrogens with one attached hydrogen (secondary N) is 2. The Bertz CT molecular complexity index is 1260. The van der Waals surface area contributed by atoms with Crippen molar-refractivity contribution >= 4 is 17.4 Å². The van der Waals surface area contributed by atoms with E-state index in [1.54, 1.807) is 13.0 Å². The third kappa shape index (κ3) is 18.7. The highest BCUT2D eigenvalue weighted by Gasteiger charge is 2.37. The van der Waals surface area contributed by atoms with Crippen LogP contribution in [0.2, 0.25) is 0 Å². The number of anilines is 1. The number of aryl methyl sites for hydroxylation is 1. The molecule has 310 valence electrons. The van der Waals surface area contributed by atoms with E-state index in [-0.39, 0.29) is 17.5 Å². The molecule has 0 bridgehead atoms. The number of alkyl halides is 3. The second-order valence-corrected chi connectivity index (χ2v) is 15.3. The van der Waals surface area contributed by atoms with Crippen LogP contribution in [-0.4, -0.2) is 67.5 Å². The summed E-state index contributed by atoms with van der Waals surface area (Å²) in [6, 6.07) is 6.25. The molecule has 2 unspecified atom stereocenters. The van der Waals surface area contributed by atoms with Gasteiger partial charge in [0.1, 0.15) is 5.84 Å². The van der Waals surface area contributed by atoms with Crippen LogP contribution < -0.4 is 10.6 Å². The maximum Gasteiger partial charge on any atom is 0.419 e. The Hall–Kier alpha value is -2.81. The Morgan fingerprint density at radius 3 is 2.15 bits per heavy atom. The highest BCUT2D eigenvalue weighted by molar-refractivity contribution is 5.94. The van der Waals surface area contributed by atoms with Gasteiger partial charge in [0.15, 0.2) is 0 Å². The first-order valence-electron chi connectivity index (χ1n) is 21.4. The van der Waals surface area contributed by atoms with E-state index in [2.05, 4.69) is 88.2 Å². The van der Waals surface area contributed by atoms with Crippen LogP contribution in [0.5, 0.6) is 0 Å². The number of carbonyl (C=O) groups is 1. The average molecular weight is 762 g/mol. The van der Waals surface area contributed by atoms with Crippen molar-refractivity contribution in [1.82, 2.24) is 15.1 Å². The number of rotatable bonds is 24. The molecule has 2 atom stereocenters. The molecule has 9 heteroatoms. The molecule has 1 aromatic rings. The molecule has 1 aromatic carbocycles. The highest BCUT2D eigenvalue weighted by Crippen LogP contribution is 2.35. The van der Waals surface area contributed by atoms with E-state index in [0.717, 1.165) is 81.7 Å². The van der Waals surface area contributed by atoms with Crippen LogP contribution in [0, 0.1) is 11.8 Å². The lowest BCUT2D eigenvalue weighted by Crippen LogP contribution is -2.43. The molecule has 1 aliphatic carbocycles. The van der Waals surface area contributed by atoms with E-state index in [9.17, 15) is 18.0 Å². The lowest BCUT2D eigenvalue weighted by molar-refractivity contribution is -0.132. The lowest BCUT2D eigenvalue weighted by atomic mass is 9.75. The SMILES string of the molecule is CCC/C=C(NCC(CN(CCC)C(=O)CCCCC)C1CCC1)/C(=C\N=C(C)Nc1ccc(C(C)CC)cc1CC)C(F)(F)F.CCCN(C)CCC. The predicted octanol–water partition coefficient (Wildman–Crippen LogP) is 12.3. The minimum Gasteiger partial charge on any atom is -0.384 e. The molecule has 2 rings (SSSR count). The zero-order chi connectivity index (χ0) is 40.5. The molecule has 6 nitrogen and oxygen atoms in total. The number of hydrogen-bond acceptors (Lipinski definition) is 4. The third-order valence-electron chi connectivity index (χ3n) is 10.5. The van der Waals surface area contributed by atoms with Gasteiger partial charge in [-0.05, 0) is 107 Å². The summed E-state index contributed by atoms with van der Waals surface area (Å²) in [4.78, 5) is 21.7. The van der Waals surface area contributed by atoms with Gasteiger partial charge in [0.25, 0.3) is 0 Å². The number of benzene rings is 1. The van der Waals surface area contributed by atoms with Gasteiger partial charge in [-0.1, -0.05) is 112 Å². The Morgan fingerprint density at radius 2 is 1.63 bits per heavy atom. The molecule has 0 aromatic heterocycles. The van der Waals surface area contributed by atoms with Crippen LogP contribution in [0.1, 0.15) is 163 Å². The van der Waals surface area contributed by atoms with Gasteiger partial charge in [0.2, 0.25) is 5.91 Å². The van der Waals surface area contributed by atoms with Crippen molar-refractivity contribution in [2.75, 3.05) is 45.1 Å². The minimum absolute atomic E-state index is 0.0682. The van der Waals surface area contributed by atoms with Gasteiger partial charge >= 0.3 is 6.18 Å². The number of unbranched alkanes of at least 4 members (excludes halogenated alkanes) is 3. The normalized spacial score (nSPS) is 15.3. The van der Waals surface area contributed by atoms with E-state index in [1.165, 1.54) is 31.5 Å². The number of amidine groups is 1. The Kier molecular flexibility index (Phi) is 25.3. The maximum absolute atomic E-state index is 14.6. The minimum atomic E-state index is -4.58. The van der Waals surface area contributed by atoms with Crippen molar-refractivity contribution < 1.29 is 18.0 Å². The second kappa shape index (κ2) is 27.7. The summed E-state index contributed by atoms with van der Waals surface area (Å²) in [5.41, 5.74) is 2.52. The van der Waals surface area contributed by atoms with Crippen LogP contribution in [0.3, 0.4) is 0 Å². The van der Waals surface area contributed by atoms with Gasteiger partial charge in [-0.25, -0.2) is 4.99 Å². The van der Waals surface area contributed by atoms with Gasteiger partial charge in [-0.2, -0.15) is 13.2 Å². The summed E-state index contributed by atoms with van der Waals surface area (Å²) in [5, 5.41) is 6.45. The van der Waals surface area contributed by atoms with E-state index in [4.69, 9.17) is 0 Å². The summed E-state index contributed by atoms with van der Waals surface area (Å²) in [6.45, 7) is 22.8. The molecule has 1 aliphatic rings.